The molecule has 5 heteroatoms. The standard InChI is InChI=1S/C15H18ClNO3/c1-10(15(19)20)9-17(13-5-6-13)14(18)8-11-3-2-4-12(16)7-11/h2-4,7,10,13H,5-6,8-9H2,1H3,(H,19,20). The van der Waals surface area contributed by atoms with E-state index in [4.69, 9.17) is 16.7 Å². The summed E-state index contributed by atoms with van der Waals surface area (Å²) >= 11 is 5.91. The SMILES string of the molecule is CC(CN(C(=O)Cc1cccc(Cl)c1)C1CC1)C(=O)O. The van der Waals surface area contributed by atoms with E-state index >= 15 is 0 Å². The van der Waals surface area contributed by atoms with Crippen LogP contribution in [0.3, 0.4) is 0 Å². The second kappa shape index (κ2) is 6.27. The number of aliphatic carboxylic acids is 1. The van der Waals surface area contributed by atoms with Crippen molar-refractivity contribution in [2.24, 2.45) is 5.92 Å². The molecule has 1 N–H and O–H groups in total. The highest BCUT2D eigenvalue weighted by Crippen LogP contribution is 2.28. The topological polar surface area (TPSA) is 57.6 Å². The number of amides is 1. The highest BCUT2D eigenvalue weighted by atomic mass is 35.5. The highest BCUT2D eigenvalue weighted by Gasteiger charge is 2.34. The maximum absolute atomic E-state index is 12.4. The summed E-state index contributed by atoms with van der Waals surface area (Å²) in [6, 6.07) is 7.41. The lowest BCUT2D eigenvalue weighted by molar-refractivity contribution is -0.143. The summed E-state index contributed by atoms with van der Waals surface area (Å²) in [5, 5.41) is 9.59. The highest BCUT2D eigenvalue weighted by molar-refractivity contribution is 6.30. The quantitative estimate of drug-likeness (QED) is 0.877. The molecule has 0 heterocycles. The fourth-order valence-electron chi connectivity index (χ4n) is 2.14. The Kier molecular flexibility index (Phi) is 4.65. The molecule has 1 aliphatic rings. The van der Waals surface area contributed by atoms with E-state index in [1.54, 1.807) is 24.0 Å². The van der Waals surface area contributed by atoms with Gasteiger partial charge in [-0.25, -0.2) is 0 Å². The van der Waals surface area contributed by atoms with Crippen molar-refractivity contribution in [3.05, 3.63) is 34.9 Å². The van der Waals surface area contributed by atoms with Gasteiger partial charge in [-0.05, 0) is 30.5 Å². The van der Waals surface area contributed by atoms with Crippen molar-refractivity contribution < 1.29 is 14.7 Å². The molecule has 0 spiro atoms. The van der Waals surface area contributed by atoms with Crippen molar-refractivity contribution >= 4 is 23.5 Å². The molecule has 0 bridgehead atoms. The minimum Gasteiger partial charge on any atom is -0.481 e. The molecule has 2 rings (SSSR count). The van der Waals surface area contributed by atoms with Crippen LogP contribution in [0.4, 0.5) is 0 Å². The minimum atomic E-state index is -0.869. The van der Waals surface area contributed by atoms with Crippen molar-refractivity contribution in [1.82, 2.24) is 4.90 Å². The average molecular weight is 296 g/mol. The van der Waals surface area contributed by atoms with Crippen LogP contribution in [-0.2, 0) is 16.0 Å². The number of carboxylic acids is 1. The summed E-state index contributed by atoms with van der Waals surface area (Å²) < 4.78 is 0. The Morgan fingerprint density at radius 1 is 1.45 bits per heavy atom. The van der Waals surface area contributed by atoms with E-state index in [2.05, 4.69) is 0 Å². The fourth-order valence-corrected chi connectivity index (χ4v) is 2.35. The molecule has 1 atom stereocenters. The molecule has 4 nitrogen and oxygen atoms in total. The Morgan fingerprint density at radius 2 is 2.15 bits per heavy atom. The molecule has 0 saturated heterocycles. The smallest absolute Gasteiger partial charge is 0.308 e. The third-order valence-corrected chi connectivity index (χ3v) is 3.68. The van der Waals surface area contributed by atoms with E-state index in [9.17, 15) is 9.59 Å². The average Bonchev–Trinajstić information content (AvgIpc) is 3.19. The normalized spacial score (nSPS) is 15.7. The van der Waals surface area contributed by atoms with Gasteiger partial charge in [0.2, 0.25) is 5.91 Å². The van der Waals surface area contributed by atoms with Crippen molar-refractivity contribution in [3.63, 3.8) is 0 Å². The predicted octanol–water partition coefficient (Wildman–Crippen LogP) is 2.59. The summed E-state index contributed by atoms with van der Waals surface area (Å²) in [6.07, 6.45) is 2.20. The van der Waals surface area contributed by atoms with E-state index < -0.39 is 11.9 Å². The van der Waals surface area contributed by atoms with Crippen LogP contribution in [0, 0.1) is 5.92 Å². The van der Waals surface area contributed by atoms with Crippen LogP contribution in [0.15, 0.2) is 24.3 Å². The van der Waals surface area contributed by atoms with Crippen molar-refractivity contribution in [3.8, 4) is 0 Å². The molecule has 108 valence electrons. The Morgan fingerprint density at radius 3 is 2.70 bits per heavy atom. The fraction of sp³-hybridized carbons (Fsp3) is 0.467. The van der Waals surface area contributed by atoms with Gasteiger partial charge in [0.05, 0.1) is 12.3 Å². The molecule has 1 amide bonds. The lowest BCUT2D eigenvalue weighted by Crippen LogP contribution is -2.39. The largest absolute Gasteiger partial charge is 0.481 e. The minimum absolute atomic E-state index is 0.0251. The molecule has 1 unspecified atom stereocenters. The van der Waals surface area contributed by atoms with E-state index in [0.29, 0.717) is 5.02 Å². The third kappa shape index (κ3) is 3.97. The van der Waals surface area contributed by atoms with Crippen molar-refractivity contribution in [2.75, 3.05) is 6.54 Å². The summed E-state index contributed by atoms with van der Waals surface area (Å²) in [4.78, 5) is 25.0. The van der Waals surface area contributed by atoms with E-state index in [1.165, 1.54) is 0 Å². The number of hydrogen-bond donors (Lipinski definition) is 1. The monoisotopic (exact) mass is 295 g/mol. The molecule has 1 aromatic rings. The van der Waals surface area contributed by atoms with Gasteiger partial charge in [0.1, 0.15) is 0 Å². The first-order chi connectivity index (χ1) is 9.47. The van der Waals surface area contributed by atoms with Gasteiger partial charge in [-0.3, -0.25) is 9.59 Å². The van der Waals surface area contributed by atoms with Crippen LogP contribution in [-0.4, -0.2) is 34.5 Å². The second-order valence-corrected chi connectivity index (χ2v) is 5.76. The van der Waals surface area contributed by atoms with Crippen LogP contribution >= 0.6 is 11.6 Å². The molecular formula is C15H18ClNO3. The number of halogens is 1. The summed E-state index contributed by atoms with van der Waals surface area (Å²) in [6.45, 7) is 1.91. The van der Waals surface area contributed by atoms with Gasteiger partial charge in [-0.1, -0.05) is 30.7 Å². The second-order valence-electron chi connectivity index (χ2n) is 5.32. The third-order valence-electron chi connectivity index (χ3n) is 3.44. The molecular weight excluding hydrogens is 278 g/mol. The molecule has 1 aliphatic carbocycles. The predicted molar refractivity (Wildman–Crippen MR) is 76.7 cm³/mol. The summed E-state index contributed by atoms with van der Waals surface area (Å²) in [5.41, 5.74) is 0.858. The lowest BCUT2D eigenvalue weighted by atomic mass is 10.1. The van der Waals surface area contributed by atoms with Gasteiger partial charge in [0.15, 0.2) is 0 Å². The molecule has 0 aromatic heterocycles. The summed E-state index contributed by atoms with van der Waals surface area (Å²) in [5.74, 6) is -1.44. The van der Waals surface area contributed by atoms with Crippen LogP contribution in [0.1, 0.15) is 25.3 Å². The van der Waals surface area contributed by atoms with Gasteiger partial charge in [-0.2, -0.15) is 0 Å². The maximum Gasteiger partial charge on any atom is 0.308 e. The Balaban J connectivity index is 2.02. The van der Waals surface area contributed by atoms with Crippen molar-refractivity contribution in [1.29, 1.82) is 0 Å². The zero-order valence-corrected chi connectivity index (χ0v) is 12.1. The van der Waals surface area contributed by atoms with Crippen molar-refractivity contribution in [2.45, 2.75) is 32.2 Å². The number of carboxylic acid groups (broad SMARTS) is 1. The van der Waals surface area contributed by atoms with Gasteiger partial charge >= 0.3 is 5.97 Å². The van der Waals surface area contributed by atoms with E-state index in [0.717, 1.165) is 18.4 Å². The van der Waals surface area contributed by atoms with Gasteiger partial charge < -0.3 is 10.0 Å². The Hall–Kier alpha value is -1.55. The van der Waals surface area contributed by atoms with Gasteiger partial charge in [0.25, 0.3) is 0 Å². The zero-order chi connectivity index (χ0) is 14.7. The van der Waals surface area contributed by atoms with Crippen LogP contribution in [0.25, 0.3) is 0 Å². The first kappa shape index (κ1) is 14.9. The number of carbonyl (C=O) groups is 2. The Bertz CT molecular complexity index is 514. The molecule has 1 aromatic carbocycles. The van der Waals surface area contributed by atoms with E-state index in [-0.39, 0.29) is 24.9 Å². The molecule has 1 saturated carbocycles. The first-order valence-electron chi connectivity index (χ1n) is 6.74. The Labute approximate surface area is 123 Å². The zero-order valence-electron chi connectivity index (χ0n) is 11.4. The molecule has 1 fully saturated rings. The number of hydrogen-bond acceptors (Lipinski definition) is 2. The summed E-state index contributed by atoms with van der Waals surface area (Å²) in [7, 11) is 0. The van der Waals surface area contributed by atoms with Gasteiger partial charge in [-0.15, -0.1) is 0 Å². The molecule has 0 radical (unpaired) electrons. The first-order valence-corrected chi connectivity index (χ1v) is 7.12. The van der Waals surface area contributed by atoms with Crippen LogP contribution in [0.5, 0.6) is 0 Å². The molecule has 0 aliphatic heterocycles. The maximum atomic E-state index is 12.4. The lowest BCUT2D eigenvalue weighted by Gasteiger charge is -2.24. The number of nitrogens with zero attached hydrogens (tertiary/aromatic N) is 1. The van der Waals surface area contributed by atoms with E-state index in [1.807, 2.05) is 12.1 Å². The number of benzene rings is 1. The van der Waals surface area contributed by atoms with Crippen LogP contribution < -0.4 is 0 Å². The van der Waals surface area contributed by atoms with Crippen LogP contribution in [0.2, 0.25) is 5.02 Å². The number of carbonyl (C=O) groups excluding carboxylic acids is 1. The molecule has 20 heavy (non-hydrogen) atoms. The van der Waals surface area contributed by atoms with Gasteiger partial charge in [0, 0.05) is 17.6 Å². The number of rotatable bonds is 6.